The molecular weight excluding hydrogens is 479 g/mol. The maximum atomic E-state index is 12.7. The Kier molecular flexibility index (Phi) is 7.28. The minimum Gasteiger partial charge on any atom is -0.480 e. The van der Waals surface area contributed by atoms with Crippen LogP contribution in [0.2, 0.25) is 10.0 Å². The molecule has 0 saturated carbocycles. The molecule has 33 heavy (non-hydrogen) atoms. The number of hydrogen-bond acceptors (Lipinski definition) is 5. The number of aromatic nitrogens is 2. The lowest BCUT2D eigenvalue weighted by atomic mass is 10.2. The zero-order chi connectivity index (χ0) is 23.4. The van der Waals surface area contributed by atoms with Gasteiger partial charge in [0.05, 0.1) is 21.3 Å². The highest BCUT2D eigenvalue weighted by molar-refractivity contribution is 7.99. The summed E-state index contributed by atoms with van der Waals surface area (Å²) in [7, 11) is 0. The number of aryl methyl sites for hydroxylation is 2. The Labute approximate surface area is 206 Å². The van der Waals surface area contributed by atoms with Crippen molar-refractivity contribution in [3.8, 4) is 17.3 Å². The Morgan fingerprint density at radius 2 is 1.73 bits per heavy atom. The summed E-state index contributed by atoms with van der Waals surface area (Å²) in [4.78, 5) is 14.5. The van der Waals surface area contributed by atoms with Gasteiger partial charge in [0, 0.05) is 9.92 Å². The van der Waals surface area contributed by atoms with E-state index in [1.807, 2.05) is 68.4 Å². The van der Waals surface area contributed by atoms with Crippen molar-refractivity contribution in [1.29, 1.82) is 0 Å². The summed E-state index contributed by atoms with van der Waals surface area (Å²) in [6.45, 7) is 3.60. The molecule has 0 aliphatic carbocycles. The summed E-state index contributed by atoms with van der Waals surface area (Å²) in [6.07, 6.45) is 0. The van der Waals surface area contributed by atoms with E-state index in [9.17, 15) is 4.79 Å². The van der Waals surface area contributed by atoms with Gasteiger partial charge in [0.15, 0.2) is 6.61 Å². The van der Waals surface area contributed by atoms with Crippen LogP contribution in [0.15, 0.2) is 82.6 Å². The molecule has 0 bridgehead atoms. The lowest BCUT2D eigenvalue weighted by Crippen LogP contribution is -2.19. The highest BCUT2D eigenvalue weighted by Gasteiger charge is 2.22. The van der Waals surface area contributed by atoms with Crippen LogP contribution >= 0.6 is 35.0 Å². The number of ether oxygens (including phenoxy) is 2. The van der Waals surface area contributed by atoms with E-state index in [0.717, 1.165) is 21.2 Å². The summed E-state index contributed by atoms with van der Waals surface area (Å²) < 4.78 is 13.0. The third-order valence-corrected chi connectivity index (χ3v) is 6.37. The van der Waals surface area contributed by atoms with Crippen LogP contribution in [-0.4, -0.2) is 22.4 Å². The summed E-state index contributed by atoms with van der Waals surface area (Å²) in [5, 5.41) is 5.43. The second-order valence-corrected chi connectivity index (χ2v) is 9.15. The first-order chi connectivity index (χ1) is 15.9. The summed E-state index contributed by atoms with van der Waals surface area (Å²) in [6, 6.07) is 22.4. The van der Waals surface area contributed by atoms with Crippen LogP contribution in [0.4, 0.5) is 0 Å². The predicted octanol–water partition coefficient (Wildman–Crippen LogP) is 6.93. The fraction of sp³-hybridized carbons (Fsp3) is 0.120. The van der Waals surface area contributed by atoms with Gasteiger partial charge in [-0.2, -0.15) is 9.78 Å². The first-order valence-corrected chi connectivity index (χ1v) is 11.7. The summed E-state index contributed by atoms with van der Waals surface area (Å²) >= 11 is 13.5. The van der Waals surface area contributed by atoms with Crippen molar-refractivity contribution >= 4 is 40.9 Å². The lowest BCUT2D eigenvalue weighted by molar-refractivity contribution is -0.137. The number of para-hydroxylation sites is 1. The third-order valence-electron chi connectivity index (χ3n) is 4.66. The number of rotatable bonds is 7. The molecule has 0 aliphatic heterocycles. The van der Waals surface area contributed by atoms with E-state index in [-0.39, 0.29) is 6.61 Å². The third kappa shape index (κ3) is 5.71. The van der Waals surface area contributed by atoms with Gasteiger partial charge in [0.25, 0.3) is 0 Å². The Bertz CT molecular complexity index is 1280. The van der Waals surface area contributed by atoms with Crippen molar-refractivity contribution in [3.05, 3.63) is 94.1 Å². The monoisotopic (exact) mass is 498 g/mol. The average Bonchev–Trinajstić information content (AvgIpc) is 3.10. The Hall–Kier alpha value is -2.93. The molecule has 0 fully saturated rings. The minimum absolute atomic E-state index is 0.316. The molecule has 1 heterocycles. The Morgan fingerprint density at radius 3 is 2.42 bits per heavy atom. The predicted molar refractivity (Wildman–Crippen MR) is 131 cm³/mol. The molecule has 0 amide bonds. The first-order valence-electron chi connectivity index (χ1n) is 10.1. The molecule has 3 aromatic carbocycles. The second kappa shape index (κ2) is 10.3. The number of esters is 1. The van der Waals surface area contributed by atoms with E-state index >= 15 is 0 Å². The molecule has 8 heteroatoms. The molecule has 4 rings (SSSR count). The van der Waals surface area contributed by atoms with E-state index in [1.165, 1.54) is 17.3 Å². The molecule has 168 valence electrons. The number of carbonyl (C=O) groups excluding carboxylic acids is 1. The van der Waals surface area contributed by atoms with Crippen LogP contribution in [0.1, 0.15) is 11.3 Å². The van der Waals surface area contributed by atoms with Crippen molar-refractivity contribution in [2.45, 2.75) is 23.6 Å². The van der Waals surface area contributed by atoms with E-state index in [0.29, 0.717) is 21.7 Å². The lowest BCUT2D eigenvalue weighted by Gasteiger charge is -2.11. The largest absolute Gasteiger partial charge is 0.480 e. The van der Waals surface area contributed by atoms with Gasteiger partial charge in [0.2, 0.25) is 5.88 Å². The molecule has 1 aromatic heterocycles. The SMILES string of the molecule is Cc1ccc(Sc2c(C)nn(-c3ccccc3)c2OC(=O)COc2ccc(Cl)cc2Cl)cc1. The van der Waals surface area contributed by atoms with Crippen LogP contribution in [0.3, 0.4) is 0 Å². The van der Waals surface area contributed by atoms with Crippen LogP contribution in [0.25, 0.3) is 5.69 Å². The molecule has 0 atom stereocenters. The van der Waals surface area contributed by atoms with Crippen LogP contribution in [-0.2, 0) is 4.79 Å². The van der Waals surface area contributed by atoms with Gasteiger partial charge in [0.1, 0.15) is 5.75 Å². The number of halogens is 2. The van der Waals surface area contributed by atoms with Crippen molar-refractivity contribution < 1.29 is 14.3 Å². The first kappa shape index (κ1) is 23.2. The molecule has 0 N–H and O–H groups in total. The van der Waals surface area contributed by atoms with Crippen molar-refractivity contribution in [3.63, 3.8) is 0 Å². The van der Waals surface area contributed by atoms with Crippen molar-refractivity contribution in [1.82, 2.24) is 9.78 Å². The van der Waals surface area contributed by atoms with Gasteiger partial charge >= 0.3 is 5.97 Å². The van der Waals surface area contributed by atoms with Gasteiger partial charge in [-0.25, -0.2) is 4.79 Å². The highest BCUT2D eigenvalue weighted by Crippen LogP contribution is 2.39. The van der Waals surface area contributed by atoms with E-state index in [2.05, 4.69) is 5.10 Å². The molecule has 0 unspecified atom stereocenters. The van der Waals surface area contributed by atoms with Crippen molar-refractivity contribution in [2.75, 3.05) is 6.61 Å². The van der Waals surface area contributed by atoms with Crippen LogP contribution in [0, 0.1) is 13.8 Å². The maximum Gasteiger partial charge on any atom is 0.350 e. The summed E-state index contributed by atoms with van der Waals surface area (Å²) in [5.41, 5.74) is 2.69. The van der Waals surface area contributed by atoms with Gasteiger partial charge in [-0.15, -0.1) is 0 Å². The summed E-state index contributed by atoms with van der Waals surface area (Å²) in [5.74, 6) is 0.101. The molecule has 0 radical (unpaired) electrons. The fourth-order valence-electron chi connectivity index (χ4n) is 3.03. The molecule has 0 aliphatic rings. The topological polar surface area (TPSA) is 53.4 Å². The zero-order valence-electron chi connectivity index (χ0n) is 17.9. The Morgan fingerprint density at radius 1 is 1.00 bits per heavy atom. The minimum atomic E-state index is -0.580. The average molecular weight is 499 g/mol. The van der Waals surface area contributed by atoms with Gasteiger partial charge in [-0.3, -0.25) is 0 Å². The smallest absolute Gasteiger partial charge is 0.350 e. The highest BCUT2D eigenvalue weighted by atomic mass is 35.5. The van der Waals surface area contributed by atoms with E-state index < -0.39 is 5.97 Å². The van der Waals surface area contributed by atoms with Crippen molar-refractivity contribution in [2.24, 2.45) is 0 Å². The number of carbonyl (C=O) groups is 1. The number of hydrogen-bond donors (Lipinski definition) is 0. The number of nitrogens with zero attached hydrogens (tertiary/aromatic N) is 2. The maximum absolute atomic E-state index is 12.7. The molecule has 4 aromatic rings. The standard InChI is InChI=1S/C25H20Cl2N2O3S/c1-16-8-11-20(12-9-16)33-24-17(2)28-29(19-6-4-3-5-7-19)25(24)32-23(30)15-31-22-13-10-18(26)14-21(22)27/h3-14H,15H2,1-2H3. The van der Waals surface area contributed by atoms with E-state index in [1.54, 1.807) is 22.9 Å². The fourth-order valence-corrected chi connectivity index (χ4v) is 4.41. The van der Waals surface area contributed by atoms with Gasteiger partial charge in [-0.05, 0) is 56.3 Å². The quantitative estimate of drug-likeness (QED) is 0.258. The molecule has 0 spiro atoms. The second-order valence-electron chi connectivity index (χ2n) is 7.22. The van der Waals surface area contributed by atoms with Gasteiger partial charge in [-0.1, -0.05) is 70.9 Å². The number of benzene rings is 3. The molecule has 5 nitrogen and oxygen atoms in total. The normalized spacial score (nSPS) is 10.8. The van der Waals surface area contributed by atoms with Crippen LogP contribution in [0.5, 0.6) is 11.6 Å². The Balaban J connectivity index is 1.61. The van der Waals surface area contributed by atoms with E-state index in [4.69, 9.17) is 32.7 Å². The zero-order valence-corrected chi connectivity index (χ0v) is 20.2. The van der Waals surface area contributed by atoms with Crippen LogP contribution < -0.4 is 9.47 Å². The molecular formula is C25H20Cl2N2O3S. The van der Waals surface area contributed by atoms with Gasteiger partial charge < -0.3 is 9.47 Å². The molecule has 0 saturated heterocycles.